The molecule has 0 aliphatic carbocycles. The molecule has 1 aromatic rings. The molecule has 1 aromatic carbocycles. The molecule has 1 N–H and O–H groups in total. The molecule has 0 saturated carbocycles. The van der Waals surface area contributed by atoms with E-state index in [0.29, 0.717) is 0 Å². The van der Waals surface area contributed by atoms with Gasteiger partial charge in [-0.1, -0.05) is 44.2 Å². The number of likely N-dealkylation sites (N-methyl/N-ethyl adjacent to an activating group) is 1. The van der Waals surface area contributed by atoms with Gasteiger partial charge in [0.05, 0.1) is 6.10 Å². The van der Waals surface area contributed by atoms with Gasteiger partial charge in [0.15, 0.2) is 0 Å². The standard InChI is InChI=1S/C13H21NO/c1-4-14(5-2)11(3)13(15)12-9-7-6-8-10-12/h6-11,13,15H,4-5H2,1-3H3/t11-,13-/m1/s1. The van der Waals surface area contributed by atoms with Crippen molar-refractivity contribution in [1.82, 2.24) is 4.90 Å². The molecule has 0 amide bonds. The van der Waals surface area contributed by atoms with E-state index >= 15 is 0 Å². The van der Waals surface area contributed by atoms with Gasteiger partial charge in [-0.25, -0.2) is 0 Å². The SMILES string of the molecule is CCN(CC)[C@H](C)[C@@H](O)c1ccccc1. The lowest BCUT2D eigenvalue weighted by Crippen LogP contribution is -2.37. The van der Waals surface area contributed by atoms with Crippen LogP contribution in [-0.4, -0.2) is 29.1 Å². The topological polar surface area (TPSA) is 23.5 Å². The third-order valence-electron chi connectivity index (χ3n) is 2.99. The zero-order valence-electron chi connectivity index (χ0n) is 9.85. The molecule has 0 fully saturated rings. The molecule has 84 valence electrons. The van der Waals surface area contributed by atoms with Crippen LogP contribution in [0, 0.1) is 0 Å². The molecule has 1 rings (SSSR count). The molecule has 2 heteroatoms. The fourth-order valence-corrected chi connectivity index (χ4v) is 1.93. The van der Waals surface area contributed by atoms with Crippen LogP contribution in [0.15, 0.2) is 30.3 Å². The van der Waals surface area contributed by atoms with E-state index in [4.69, 9.17) is 0 Å². The lowest BCUT2D eigenvalue weighted by atomic mass is 10.0. The summed E-state index contributed by atoms with van der Waals surface area (Å²) in [6.07, 6.45) is -0.397. The smallest absolute Gasteiger partial charge is 0.0942 e. The molecule has 0 spiro atoms. The second kappa shape index (κ2) is 5.89. The highest BCUT2D eigenvalue weighted by atomic mass is 16.3. The first-order chi connectivity index (χ1) is 7.20. The van der Waals surface area contributed by atoms with Gasteiger partial charge in [-0.3, -0.25) is 4.90 Å². The number of hydrogen-bond acceptors (Lipinski definition) is 2. The Kier molecular flexibility index (Phi) is 4.79. The lowest BCUT2D eigenvalue weighted by Gasteiger charge is -2.30. The van der Waals surface area contributed by atoms with Gasteiger partial charge >= 0.3 is 0 Å². The Morgan fingerprint density at radius 3 is 2.13 bits per heavy atom. The average molecular weight is 207 g/mol. The minimum absolute atomic E-state index is 0.169. The van der Waals surface area contributed by atoms with Crippen molar-refractivity contribution < 1.29 is 5.11 Å². The van der Waals surface area contributed by atoms with Crippen LogP contribution < -0.4 is 0 Å². The van der Waals surface area contributed by atoms with Crippen molar-refractivity contribution in [3.63, 3.8) is 0 Å². The number of nitrogens with zero attached hydrogens (tertiary/aromatic N) is 1. The molecule has 0 aliphatic heterocycles. The van der Waals surface area contributed by atoms with Gasteiger partial charge in [0, 0.05) is 6.04 Å². The molecule has 0 saturated heterocycles. The molecule has 0 bridgehead atoms. The maximum absolute atomic E-state index is 10.2. The summed E-state index contributed by atoms with van der Waals surface area (Å²) in [6.45, 7) is 8.27. The summed E-state index contributed by atoms with van der Waals surface area (Å²) in [4.78, 5) is 2.26. The lowest BCUT2D eigenvalue weighted by molar-refractivity contribution is 0.0638. The summed E-state index contributed by atoms with van der Waals surface area (Å²) in [5.74, 6) is 0. The fourth-order valence-electron chi connectivity index (χ4n) is 1.93. The molecule has 0 radical (unpaired) electrons. The second-order valence-corrected chi connectivity index (χ2v) is 3.82. The predicted molar refractivity (Wildman–Crippen MR) is 63.8 cm³/mol. The molecule has 0 heterocycles. The van der Waals surface area contributed by atoms with E-state index in [-0.39, 0.29) is 6.04 Å². The van der Waals surface area contributed by atoms with Gasteiger partial charge in [0.2, 0.25) is 0 Å². The fraction of sp³-hybridized carbons (Fsp3) is 0.538. The van der Waals surface area contributed by atoms with Crippen molar-refractivity contribution in [3.8, 4) is 0 Å². The van der Waals surface area contributed by atoms with Gasteiger partial charge in [0.1, 0.15) is 0 Å². The van der Waals surface area contributed by atoms with Gasteiger partial charge in [-0.15, -0.1) is 0 Å². The molecule has 2 nitrogen and oxygen atoms in total. The highest BCUT2D eigenvalue weighted by Gasteiger charge is 2.20. The summed E-state index contributed by atoms with van der Waals surface area (Å²) in [5.41, 5.74) is 0.997. The Balaban J connectivity index is 2.71. The minimum atomic E-state index is -0.397. The average Bonchev–Trinajstić information content (AvgIpc) is 2.30. The summed E-state index contributed by atoms with van der Waals surface area (Å²) >= 11 is 0. The van der Waals surface area contributed by atoms with E-state index < -0.39 is 6.10 Å². The first kappa shape index (κ1) is 12.2. The van der Waals surface area contributed by atoms with Crippen LogP contribution in [0.25, 0.3) is 0 Å². The van der Waals surface area contributed by atoms with E-state index in [9.17, 15) is 5.11 Å². The van der Waals surface area contributed by atoms with E-state index in [0.717, 1.165) is 18.7 Å². The molecule has 2 atom stereocenters. The summed E-state index contributed by atoms with van der Waals surface area (Å²) in [7, 11) is 0. The van der Waals surface area contributed by atoms with Gasteiger partial charge in [0.25, 0.3) is 0 Å². The maximum Gasteiger partial charge on any atom is 0.0942 e. The highest BCUT2D eigenvalue weighted by molar-refractivity contribution is 5.18. The highest BCUT2D eigenvalue weighted by Crippen LogP contribution is 2.20. The van der Waals surface area contributed by atoms with Crippen molar-refractivity contribution in [1.29, 1.82) is 0 Å². The quantitative estimate of drug-likeness (QED) is 0.801. The zero-order valence-corrected chi connectivity index (χ0v) is 9.85. The Labute approximate surface area is 92.5 Å². The Morgan fingerprint density at radius 1 is 1.13 bits per heavy atom. The van der Waals surface area contributed by atoms with E-state index in [1.807, 2.05) is 30.3 Å². The maximum atomic E-state index is 10.2. The van der Waals surface area contributed by atoms with Gasteiger partial charge in [-0.05, 0) is 25.6 Å². The van der Waals surface area contributed by atoms with E-state index in [1.54, 1.807) is 0 Å². The van der Waals surface area contributed by atoms with Crippen molar-refractivity contribution >= 4 is 0 Å². The third kappa shape index (κ3) is 3.05. The number of hydrogen-bond donors (Lipinski definition) is 1. The summed E-state index contributed by atoms with van der Waals surface area (Å²) < 4.78 is 0. The first-order valence-corrected chi connectivity index (χ1v) is 5.67. The molecular formula is C13H21NO. The monoisotopic (exact) mass is 207 g/mol. The largest absolute Gasteiger partial charge is 0.387 e. The Hall–Kier alpha value is -0.860. The van der Waals surface area contributed by atoms with Crippen LogP contribution >= 0.6 is 0 Å². The van der Waals surface area contributed by atoms with Gasteiger partial charge < -0.3 is 5.11 Å². The van der Waals surface area contributed by atoms with Crippen LogP contribution in [0.1, 0.15) is 32.4 Å². The number of aliphatic hydroxyl groups excluding tert-OH is 1. The number of rotatable bonds is 5. The van der Waals surface area contributed by atoms with Crippen LogP contribution in [0.2, 0.25) is 0 Å². The van der Waals surface area contributed by atoms with E-state index in [1.165, 1.54) is 0 Å². The molecule has 0 unspecified atom stereocenters. The second-order valence-electron chi connectivity index (χ2n) is 3.82. The predicted octanol–water partition coefficient (Wildman–Crippen LogP) is 2.45. The van der Waals surface area contributed by atoms with E-state index in [2.05, 4.69) is 25.7 Å². The zero-order chi connectivity index (χ0) is 11.3. The van der Waals surface area contributed by atoms with Crippen molar-refractivity contribution in [3.05, 3.63) is 35.9 Å². The molecule has 0 aromatic heterocycles. The number of benzene rings is 1. The number of aliphatic hydroxyl groups is 1. The van der Waals surface area contributed by atoms with Crippen LogP contribution in [0.3, 0.4) is 0 Å². The minimum Gasteiger partial charge on any atom is -0.387 e. The normalized spacial score (nSPS) is 15.3. The van der Waals surface area contributed by atoms with Crippen LogP contribution in [0.4, 0.5) is 0 Å². The Bertz CT molecular complexity index is 269. The molecular weight excluding hydrogens is 186 g/mol. The van der Waals surface area contributed by atoms with Crippen molar-refractivity contribution in [2.75, 3.05) is 13.1 Å². The molecule has 15 heavy (non-hydrogen) atoms. The summed E-state index contributed by atoms with van der Waals surface area (Å²) in [6, 6.07) is 10.0. The van der Waals surface area contributed by atoms with Crippen molar-refractivity contribution in [2.24, 2.45) is 0 Å². The molecule has 0 aliphatic rings. The van der Waals surface area contributed by atoms with Gasteiger partial charge in [-0.2, -0.15) is 0 Å². The first-order valence-electron chi connectivity index (χ1n) is 5.67. The van der Waals surface area contributed by atoms with Crippen LogP contribution in [-0.2, 0) is 0 Å². The van der Waals surface area contributed by atoms with Crippen molar-refractivity contribution in [2.45, 2.75) is 32.9 Å². The third-order valence-corrected chi connectivity index (χ3v) is 2.99. The van der Waals surface area contributed by atoms with Crippen LogP contribution in [0.5, 0.6) is 0 Å². The summed E-state index contributed by atoms with van der Waals surface area (Å²) in [5, 5.41) is 10.2. The Morgan fingerprint density at radius 2 is 1.67 bits per heavy atom.